The zero-order valence-corrected chi connectivity index (χ0v) is 9.14. The first-order valence-electron chi connectivity index (χ1n) is 4.52. The van der Waals surface area contributed by atoms with Crippen LogP contribution in [0.5, 0.6) is 0 Å². The van der Waals surface area contributed by atoms with Gasteiger partial charge in [0.15, 0.2) is 0 Å². The molecular formula is C10H12N2O2S. The van der Waals surface area contributed by atoms with Crippen LogP contribution < -0.4 is 10.9 Å². The minimum Gasteiger partial charge on any atom is -0.267 e. The molecule has 0 unspecified atom stereocenters. The van der Waals surface area contributed by atoms with Crippen molar-refractivity contribution < 1.29 is 9.59 Å². The van der Waals surface area contributed by atoms with Gasteiger partial charge >= 0.3 is 0 Å². The number of hydrogen-bond acceptors (Lipinski definition) is 3. The number of amides is 2. The first kappa shape index (κ1) is 11.6. The second kappa shape index (κ2) is 6.08. The fourth-order valence-electron chi connectivity index (χ4n) is 0.937. The molecule has 0 aliphatic carbocycles. The summed E-state index contributed by atoms with van der Waals surface area (Å²) in [6.07, 6.45) is 0. The van der Waals surface area contributed by atoms with Crippen LogP contribution in [0.1, 0.15) is 17.3 Å². The zero-order valence-electron chi connectivity index (χ0n) is 8.32. The number of hydrazine groups is 1. The minimum atomic E-state index is -0.319. The van der Waals surface area contributed by atoms with E-state index in [0.717, 1.165) is 11.8 Å². The summed E-state index contributed by atoms with van der Waals surface area (Å²) in [5.41, 5.74) is 5.14. The number of nitrogens with one attached hydrogen (secondary N) is 2. The number of hydrogen-bond donors (Lipinski definition) is 2. The van der Waals surface area contributed by atoms with Gasteiger partial charge in [0.25, 0.3) is 11.1 Å². The Balaban J connectivity index is 2.40. The molecule has 0 aliphatic heterocycles. The molecule has 0 saturated carbocycles. The first-order chi connectivity index (χ1) is 7.24. The molecule has 2 N–H and O–H groups in total. The van der Waals surface area contributed by atoms with Gasteiger partial charge in [-0.15, -0.1) is 0 Å². The summed E-state index contributed by atoms with van der Waals surface area (Å²) in [5, 5.41) is -0.262. The highest BCUT2D eigenvalue weighted by Gasteiger charge is 2.05. The molecule has 1 aromatic carbocycles. The number of carbonyl (C=O) groups is 2. The molecule has 0 saturated heterocycles. The van der Waals surface area contributed by atoms with Crippen LogP contribution in [-0.4, -0.2) is 16.9 Å². The van der Waals surface area contributed by atoms with Gasteiger partial charge < -0.3 is 0 Å². The van der Waals surface area contributed by atoms with Crippen LogP contribution in [0.25, 0.3) is 0 Å². The van der Waals surface area contributed by atoms with Gasteiger partial charge in [-0.1, -0.05) is 36.9 Å². The van der Waals surface area contributed by atoms with E-state index in [0.29, 0.717) is 11.3 Å². The molecule has 0 atom stereocenters. The quantitative estimate of drug-likeness (QED) is 0.753. The molecule has 0 aliphatic rings. The lowest BCUT2D eigenvalue weighted by Gasteiger charge is -2.05. The van der Waals surface area contributed by atoms with E-state index in [9.17, 15) is 9.59 Å². The van der Waals surface area contributed by atoms with Gasteiger partial charge in [-0.25, -0.2) is 0 Å². The maximum Gasteiger partial charge on any atom is 0.297 e. The summed E-state index contributed by atoms with van der Waals surface area (Å²) < 4.78 is 0. The van der Waals surface area contributed by atoms with Crippen molar-refractivity contribution in [2.24, 2.45) is 0 Å². The summed E-state index contributed by atoms with van der Waals surface area (Å²) in [6, 6.07) is 8.69. The van der Waals surface area contributed by atoms with Gasteiger partial charge in [0.1, 0.15) is 0 Å². The molecule has 4 nitrogen and oxygen atoms in total. The number of rotatable bonds is 2. The fourth-order valence-corrected chi connectivity index (χ4v) is 1.32. The maximum atomic E-state index is 11.4. The molecule has 0 heterocycles. The Kier molecular flexibility index (Phi) is 4.70. The van der Waals surface area contributed by atoms with Crippen molar-refractivity contribution in [1.29, 1.82) is 0 Å². The third kappa shape index (κ3) is 4.03. The Hall–Kier alpha value is -1.49. The Bertz CT molecular complexity index is 341. The highest BCUT2D eigenvalue weighted by molar-refractivity contribution is 8.13. The molecule has 80 valence electrons. The van der Waals surface area contributed by atoms with Crippen LogP contribution in [-0.2, 0) is 0 Å². The molecule has 0 spiro atoms. The monoisotopic (exact) mass is 224 g/mol. The lowest BCUT2D eigenvalue weighted by atomic mass is 10.2. The third-order valence-corrected chi connectivity index (χ3v) is 2.24. The second-order valence-corrected chi connectivity index (χ2v) is 3.90. The zero-order chi connectivity index (χ0) is 11.1. The third-order valence-electron chi connectivity index (χ3n) is 1.59. The van der Waals surface area contributed by atoms with Crippen molar-refractivity contribution in [3.8, 4) is 0 Å². The van der Waals surface area contributed by atoms with Crippen LogP contribution >= 0.6 is 11.8 Å². The number of carbonyl (C=O) groups excluding carboxylic acids is 2. The van der Waals surface area contributed by atoms with Crippen LogP contribution in [0.2, 0.25) is 0 Å². The molecule has 5 heteroatoms. The lowest BCUT2D eigenvalue weighted by Crippen LogP contribution is -2.39. The highest BCUT2D eigenvalue weighted by atomic mass is 32.2. The second-order valence-electron chi connectivity index (χ2n) is 2.67. The largest absolute Gasteiger partial charge is 0.297 e. The molecule has 1 rings (SSSR count). The van der Waals surface area contributed by atoms with E-state index in [4.69, 9.17) is 0 Å². The average molecular weight is 224 g/mol. The van der Waals surface area contributed by atoms with Gasteiger partial charge in [0.2, 0.25) is 0 Å². The molecule has 0 fully saturated rings. The van der Waals surface area contributed by atoms with E-state index in [1.165, 1.54) is 0 Å². The summed E-state index contributed by atoms with van der Waals surface area (Å²) in [4.78, 5) is 22.4. The molecule has 0 bridgehead atoms. The lowest BCUT2D eigenvalue weighted by molar-refractivity contribution is 0.0939. The Labute approximate surface area is 92.4 Å². The summed E-state index contributed by atoms with van der Waals surface area (Å²) in [7, 11) is 0. The standard InChI is InChI=1S/C10H12N2O2S/c1-2-15-10(14)12-11-9(13)8-6-4-3-5-7-8/h3-7H,2H2,1H3,(H,11,13)(H,12,14). The van der Waals surface area contributed by atoms with E-state index in [2.05, 4.69) is 10.9 Å². The van der Waals surface area contributed by atoms with Crippen LogP contribution in [0, 0.1) is 0 Å². The molecule has 0 aromatic heterocycles. The van der Waals surface area contributed by atoms with Crippen LogP contribution in [0.4, 0.5) is 4.79 Å². The van der Waals surface area contributed by atoms with Gasteiger partial charge in [-0.2, -0.15) is 0 Å². The molecule has 2 amide bonds. The van der Waals surface area contributed by atoms with Crippen molar-refractivity contribution in [1.82, 2.24) is 10.9 Å². The van der Waals surface area contributed by atoms with Crippen LogP contribution in [0.3, 0.4) is 0 Å². The minimum absolute atomic E-state index is 0.262. The Morgan fingerprint density at radius 2 is 1.87 bits per heavy atom. The topological polar surface area (TPSA) is 58.2 Å². The van der Waals surface area contributed by atoms with Crippen molar-refractivity contribution in [2.45, 2.75) is 6.92 Å². The van der Waals surface area contributed by atoms with Crippen molar-refractivity contribution in [3.63, 3.8) is 0 Å². The SMILES string of the molecule is CCSC(=O)NNC(=O)c1ccccc1. The van der Waals surface area contributed by atoms with E-state index in [-0.39, 0.29) is 11.1 Å². The van der Waals surface area contributed by atoms with Gasteiger partial charge in [0.05, 0.1) is 0 Å². The average Bonchev–Trinajstić information content (AvgIpc) is 2.27. The Morgan fingerprint density at radius 3 is 2.47 bits per heavy atom. The van der Waals surface area contributed by atoms with Crippen molar-refractivity contribution >= 4 is 22.9 Å². The fraction of sp³-hybridized carbons (Fsp3) is 0.200. The number of thioether (sulfide) groups is 1. The molecule has 15 heavy (non-hydrogen) atoms. The van der Waals surface area contributed by atoms with E-state index in [1.807, 2.05) is 13.0 Å². The van der Waals surface area contributed by atoms with Crippen molar-refractivity contribution in [3.05, 3.63) is 35.9 Å². The van der Waals surface area contributed by atoms with Crippen molar-refractivity contribution in [2.75, 3.05) is 5.75 Å². The highest BCUT2D eigenvalue weighted by Crippen LogP contribution is 1.99. The predicted octanol–water partition coefficient (Wildman–Crippen LogP) is 1.79. The maximum absolute atomic E-state index is 11.4. The molecule has 0 radical (unpaired) electrons. The van der Waals surface area contributed by atoms with E-state index >= 15 is 0 Å². The van der Waals surface area contributed by atoms with Crippen LogP contribution in [0.15, 0.2) is 30.3 Å². The van der Waals surface area contributed by atoms with E-state index in [1.54, 1.807) is 24.3 Å². The molecule has 1 aromatic rings. The van der Waals surface area contributed by atoms with Gasteiger partial charge in [-0.3, -0.25) is 20.4 Å². The predicted molar refractivity (Wildman–Crippen MR) is 60.6 cm³/mol. The molecular weight excluding hydrogens is 212 g/mol. The normalized spacial score (nSPS) is 9.40. The summed E-state index contributed by atoms with van der Waals surface area (Å²) in [6.45, 7) is 1.86. The smallest absolute Gasteiger partial charge is 0.267 e. The summed E-state index contributed by atoms with van der Waals surface area (Å²) >= 11 is 1.10. The summed E-state index contributed by atoms with van der Waals surface area (Å²) in [5.74, 6) is 0.355. The van der Waals surface area contributed by atoms with Gasteiger partial charge in [-0.05, 0) is 17.9 Å². The van der Waals surface area contributed by atoms with Gasteiger partial charge in [0, 0.05) is 5.56 Å². The number of benzene rings is 1. The Morgan fingerprint density at radius 1 is 1.20 bits per heavy atom. The first-order valence-corrected chi connectivity index (χ1v) is 5.50. The van der Waals surface area contributed by atoms with E-state index < -0.39 is 0 Å².